The second-order valence-electron chi connectivity index (χ2n) is 6.00. The number of thiazole rings is 1. The number of nitrogens with zero attached hydrogens (tertiary/aromatic N) is 3. The third-order valence-corrected chi connectivity index (χ3v) is 5.03. The first-order chi connectivity index (χ1) is 11.0. The lowest BCUT2D eigenvalue weighted by Crippen LogP contribution is -2.48. The average molecular weight is 330 g/mol. The number of hydrogen-bond donors (Lipinski definition) is 1. The van der Waals surface area contributed by atoms with Gasteiger partial charge in [0.2, 0.25) is 0 Å². The molecular formula is C17H22N4OS. The lowest BCUT2D eigenvalue weighted by molar-refractivity contribution is 0.0626. The summed E-state index contributed by atoms with van der Waals surface area (Å²) in [7, 11) is 0. The van der Waals surface area contributed by atoms with E-state index in [1.807, 2.05) is 30.9 Å². The molecule has 0 aliphatic carbocycles. The summed E-state index contributed by atoms with van der Waals surface area (Å²) in [5.74, 6) is 0.0824. The predicted octanol–water partition coefficient (Wildman–Crippen LogP) is 2.30. The maximum Gasteiger partial charge on any atom is 0.254 e. The molecule has 0 spiro atoms. The summed E-state index contributed by atoms with van der Waals surface area (Å²) in [4.78, 5) is 21.5. The highest BCUT2D eigenvalue weighted by Gasteiger charge is 2.23. The smallest absolute Gasteiger partial charge is 0.254 e. The van der Waals surface area contributed by atoms with Crippen molar-refractivity contribution < 1.29 is 4.79 Å². The van der Waals surface area contributed by atoms with Gasteiger partial charge in [-0.05, 0) is 31.5 Å². The lowest BCUT2D eigenvalue weighted by Gasteiger charge is -2.34. The summed E-state index contributed by atoms with van der Waals surface area (Å²) >= 11 is 1.68. The van der Waals surface area contributed by atoms with Gasteiger partial charge in [0.1, 0.15) is 0 Å². The number of aromatic nitrogens is 1. The molecule has 1 amide bonds. The first-order valence-electron chi connectivity index (χ1n) is 7.81. The van der Waals surface area contributed by atoms with Crippen molar-refractivity contribution in [3.8, 4) is 0 Å². The van der Waals surface area contributed by atoms with Gasteiger partial charge >= 0.3 is 0 Å². The molecule has 2 heterocycles. The molecule has 23 heavy (non-hydrogen) atoms. The zero-order chi connectivity index (χ0) is 16.4. The van der Waals surface area contributed by atoms with Gasteiger partial charge in [0.15, 0.2) is 0 Å². The maximum atomic E-state index is 12.7. The number of rotatable bonds is 3. The normalized spacial score (nSPS) is 15.8. The molecule has 5 nitrogen and oxygen atoms in total. The zero-order valence-electron chi connectivity index (χ0n) is 13.6. The largest absolute Gasteiger partial charge is 0.399 e. The average Bonchev–Trinajstić information content (AvgIpc) is 2.95. The fourth-order valence-electron chi connectivity index (χ4n) is 2.86. The Morgan fingerprint density at radius 3 is 2.65 bits per heavy atom. The molecular weight excluding hydrogens is 308 g/mol. The van der Waals surface area contributed by atoms with E-state index in [0.29, 0.717) is 11.3 Å². The molecule has 0 radical (unpaired) electrons. The molecule has 1 aliphatic rings. The van der Waals surface area contributed by atoms with Crippen molar-refractivity contribution in [2.75, 3.05) is 31.9 Å². The van der Waals surface area contributed by atoms with Gasteiger partial charge in [-0.25, -0.2) is 4.98 Å². The van der Waals surface area contributed by atoms with Crippen LogP contribution >= 0.6 is 11.3 Å². The van der Waals surface area contributed by atoms with Crippen molar-refractivity contribution in [1.29, 1.82) is 0 Å². The molecule has 122 valence electrons. The molecule has 1 aromatic carbocycles. The van der Waals surface area contributed by atoms with E-state index in [4.69, 9.17) is 5.73 Å². The Morgan fingerprint density at radius 2 is 2.00 bits per heavy atom. The monoisotopic (exact) mass is 330 g/mol. The predicted molar refractivity (Wildman–Crippen MR) is 93.6 cm³/mol. The number of nitrogens with two attached hydrogens (primary N) is 1. The van der Waals surface area contributed by atoms with E-state index < -0.39 is 0 Å². The number of anilines is 1. The molecule has 3 rings (SSSR count). The van der Waals surface area contributed by atoms with Crippen molar-refractivity contribution in [2.45, 2.75) is 20.4 Å². The highest BCUT2D eigenvalue weighted by Crippen LogP contribution is 2.17. The summed E-state index contributed by atoms with van der Waals surface area (Å²) in [6.07, 6.45) is 0. The van der Waals surface area contributed by atoms with Crippen LogP contribution in [0.15, 0.2) is 23.6 Å². The maximum absolute atomic E-state index is 12.7. The molecule has 1 saturated heterocycles. The first kappa shape index (κ1) is 16.0. The highest BCUT2D eigenvalue weighted by atomic mass is 32.1. The van der Waals surface area contributed by atoms with Crippen molar-refractivity contribution in [2.24, 2.45) is 0 Å². The zero-order valence-corrected chi connectivity index (χ0v) is 14.4. The summed E-state index contributed by atoms with van der Waals surface area (Å²) in [5, 5.41) is 3.22. The van der Waals surface area contributed by atoms with E-state index in [9.17, 15) is 4.79 Å². The van der Waals surface area contributed by atoms with Gasteiger partial charge in [0, 0.05) is 49.4 Å². The number of benzene rings is 1. The van der Waals surface area contributed by atoms with E-state index in [0.717, 1.165) is 49.0 Å². The highest BCUT2D eigenvalue weighted by molar-refractivity contribution is 7.09. The molecule has 0 saturated carbocycles. The quantitative estimate of drug-likeness (QED) is 0.877. The van der Waals surface area contributed by atoms with Crippen LogP contribution in [0.1, 0.15) is 26.6 Å². The molecule has 2 N–H and O–H groups in total. The second-order valence-corrected chi connectivity index (χ2v) is 7.06. The fourth-order valence-corrected chi connectivity index (χ4v) is 3.46. The molecule has 0 atom stereocenters. The Bertz CT molecular complexity index is 704. The molecule has 0 bridgehead atoms. The van der Waals surface area contributed by atoms with Gasteiger partial charge < -0.3 is 10.6 Å². The van der Waals surface area contributed by atoms with E-state index >= 15 is 0 Å². The van der Waals surface area contributed by atoms with Crippen LogP contribution in [0, 0.1) is 13.8 Å². The number of aryl methyl sites for hydroxylation is 2. The topological polar surface area (TPSA) is 62.5 Å². The number of carbonyl (C=O) groups is 1. The Hall–Kier alpha value is -1.92. The van der Waals surface area contributed by atoms with Gasteiger partial charge in [-0.15, -0.1) is 11.3 Å². The molecule has 1 aliphatic heterocycles. The van der Waals surface area contributed by atoms with E-state index in [-0.39, 0.29) is 5.91 Å². The summed E-state index contributed by atoms with van der Waals surface area (Å²) in [5.41, 5.74) is 9.27. The first-order valence-corrected chi connectivity index (χ1v) is 8.69. The van der Waals surface area contributed by atoms with Gasteiger partial charge in [0.25, 0.3) is 5.91 Å². The Balaban J connectivity index is 1.60. The van der Waals surface area contributed by atoms with Crippen LogP contribution < -0.4 is 5.73 Å². The molecule has 1 aromatic heterocycles. The molecule has 6 heteroatoms. The van der Waals surface area contributed by atoms with Crippen molar-refractivity contribution in [3.05, 3.63) is 45.4 Å². The van der Waals surface area contributed by atoms with Gasteiger partial charge in [-0.2, -0.15) is 0 Å². The van der Waals surface area contributed by atoms with Crippen LogP contribution in [0.3, 0.4) is 0 Å². The number of hydrogen-bond acceptors (Lipinski definition) is 5. The minimum absolute atomic E-state index is 0.0824. The van der Waals surface area contributed by atoms with Crippen LogP contribution in [0.4, 0.5) is 5.69 Å². The van der Waals surface area contributed by atoms with E-state index in [1.165, 1.54) is 0 Å². The van der Waals surface area contributed by atoms with Gasteiger partial charge in [-0.1, -0.05) is 6.07 Å². The minimum atomic E-state index is 0.0824. The third-order valence-electron chi connectivity index (χ3n) is 4.20. The SMILES string of the molecule is Cc1nc(CN2CCN(C(=O)c3cc(N)ccc3C)CC2)cs1. The van der Waals surface area contributed by atoms with Crippen LogP contribution in [-0.4, -0.2) is 46.9 Å². The molecule has 1 fully saturated rings. The number of amides is 1. The van der Waals surface area contributed by atoms with E-state index in [2.05, 4.69) is 15.3 Å². The fraction of sp³-hybridized carbons (Fsp3) is 0.412. The summed E-state index contributed by atoms with van der Waals surface area (Å²) < 4.78 is 0. The van der Waals surface area contributed by atoms with Crippen molar-refractivity contribution >= 4 is 22.9 Å². The standard InChI is InChI=1S/C17H22N4OS/c1-12-3-4-14(18)9-16(12)17(22)21-7-5-20(6-8-21)10-15-11-23-13(2)19-15/h3-4,9,11H,5-8,10,18H2,1-2H3. The summed E-state index contributed by atoms with van der Waals surface area (Å²) in [6, 6.07) is 5.52. The number of carbonyl (C=O) groups excluding carboxylic acids is 1. The Labute approximate surface area is 140 Å². The number of nitrogen functional groups attached to an aromatic ring is 1. The van der Waals surface area contributed by atoms with Crippen molar-refractivity contribution in [3.63, 3.8) is 0 Å². The van der Waals surface area contributed by atoms with Crippen LogP contribution in [0.5, 0.6) is 0 Å². The van der Waals surface area contributed by atoms with E-state index in [1.54, 1.807) is 17.4 Å². The lowest BCUT2D eigenvalue weighted by atomic mass is 10.1. The minimum Gasteiger partial charge on any atom is -0.399 e. The van der Waals surface area contributed by atoms with Crippen molar-refractivity contribution in [1.82, 2.24) is 14.8 Å². The third kappa shape index (κ3) is 3.71. The van der Waals surface area contributed by atoms with Crippen LogP contribution in [0.2, 0.25) is 0 Å². The number of piperazine rings is 1. The van der Waals surface area contributed by atoms with Gasteiger partial charge in [0.05, 0.1) is 10.7 Å². The van der Waals surface area contributed by atoms with Gasteiger partial charge in [-0.3, -0.25) is 9.69 Å². The molecule has 2 aromatic rings. The Kier molecular flexibility index (Phi) is 4.63. The van der Waals surface area contributed by atoms with Crippen LogP contribution in [0.25, 0.3) is 0 Å². The Morgan fingerprint density at radius 1 is 1.26 bits per heavy atom. The summed E-state index contributed by atoms with van der Waals surface area (Å²) in [6.45, 7) is 8.09. The molecule has 0 unspecified atom stereocenters. The van der Waals surface area contributed by atoms with Crippen LogP contribution in [-0.2, 0) is 6.54 Å². The second kappa shape index (κ2) is 6.68.